The summed E-state index contributed by atoms with van der Waals surface area (Å²) < 4.78 is 64.0. The van der Waals surface area contributed by atoms with Gasteiger partial charge in [-0.2, -0.15) is 18.4 Å². The van der Waals surface area contributed by atoms with Crippen molar-refractivity contribution >= 4 is 38.6 Å². The van der Waals surface area contributed by atoms with E-state index in [0.29, 0.717) is 9.75 Å². The highest BCUT2D eigenvalue weighted by atomic mass is 35.5. The van der Waals surface area contributed by atoms with Crippen LogP contribution in [-0.2, 0) is 21.6 Å². The molecule has 2 aromatic rings. The number of hydrogen-bond acceptors (Lipinski definition) is 5. The number of halogens is 4. The van der Waals surface area contributed by atoms with Gasteiger partial charge < -0.3 is 5.32 Å². The van der Waals surface area contributed by atoms with Crippen LogP contribution in [0, 0.1) is 16.7 Å². The molecule has 0 spiro atoms. The van der Waals surface area contributed by atoms with Crippen molar-refractivity contribution in [1.82, 2.24) is 5.32 Å². The maximum absolute atomic E-state index is 13.3. The molecule has 1 aliphatic heterocycles. The van der Waals surface area contributed by atoms with Gasteiger partial charge in [0.05, 0.1) is 33.5 Å². The van der Waals surface area contributed by atoms with Crippen molar-refractivity contribution in [2.45, 2.75) is 37.2 Å². The molecule has 1 aliphatic rings. The molecule has 0 radical (unpaired) electrons. The van der Waals surface area contributed by atoms with Crippen molar-refractivity contribution in [2.75, 3.05) is 5.75 Å². The van der Waals surface area contributed by atoms with Gasteiger partial charge in [0.15, 0.2) is 9.84 Å². The number of alkyl halides is 3. The Hall–Kier alpha value is -2.09. The van der Waals surface area contributed by atoms with Crippen LogP contribution in [0.3, 0.4) is 0 Å². The molecule has 0 saturated carbocycles. The van der Waals surface area contributed by atoms with E-state index in [1.54, 1.807) is 6.92 Å². The first-order valence-electron chi connectivity index (χ1n) is 8.63. The summed E-state index contributed by atoms with van der Waals surface area (Å²) in [5.74, 6) is -0.504. The van der Waals surface area contributed by atoms with E-state index in [-0.39, 0.29) is 22.2 Å². The molecule has 5 nitrogen and oxygen atoms in total. The summed E-state index contributed by atoms with van der Waals surface area (Å²) in [5, 5.41) is 20.2. The van der Waals surface area contributed by atoms with Crippen LogP contribution < -0.4 is 5.32 Å². The lowest BCUT2D eigenvalue weighted by molar-refractivity contribution is -0.137. The third-order valence-electron chi connectivity index (χ3n) is 5.18. The molecule has 2 heterocycles. The summed E-state index contributed by atoms with van der Waals surface area (Å²) in [5.41, 5.74) is -2.54. The molecule has 2 N–H and O–H groups in total. The van der Waals surface area contributed by atoms with E-state index < -0.39 is 37.4 Å². The Labute approximate surface area is 180 Å². The van der Waals surface area contributed by atoms with E-state index in [1.807, 2.05) is 0 Å². The lowest BCUT2D eigenvalue weighted by Gasteiger charge is -2.42. The third kappa shape index (κ3) is 3.59. The van der Waals surface area contributed by atoms with Crippen LogP contribution in [0.1, 0.15) is 36.8 Å². The molecule has 0 aliphatic carbocycles. The minimum absolute atomic E-state index is 0.181. The van der Waals surface area contributed by atoms with Crippen LogP contribution in [0.25, 0.3) is 10.4 Å². The van der Waals surface area contributed by atoms with Gasteiger partial charge in [-0.3, -0.25) is 5.41 Å². The molecule has 0 unspecified atom stereocenters. The highest BCUT2D eigenvalue weighted by Gasteiger charge is 2.51. The molecule has 0 bridgehead atoms. The Kier molecular flexibility index (Phi) is 5.25. The van der Waals surface area contributed by atoms with E-state index in [2.05, 4.69) is 5.32 Å². The number of benzene rings is 1. The maximum Gasteiger partial charge on any atom is 0.417 e. The molecule has 1 aromatic carbocycles. The number of hydrogen-bond donors (Lipinski definition) is 2. The zero-order chi connectivity index (χ0) is 22.7. The Morgan fingerprint density at radius 1 is 1.27 bits per heavy atom. The second kappa shape index (κ2) is 6.97. The maximum atomic E-state index is 13.3. The smallest absolute Gasteiger partial charge is 0.362 e. The first-order chi connectivity index (χ1) is 13.6. The van der Waals surface area contributed by atoms with Gasteiger partial charge in [-0.15, -0.1) is 11.3 Å². The normalized spacial score (nSPS) is 22.9. The Morgan fingerprint density at radius 2 is 1.90 bits per heavy atom. The third-order valence-corrected chi connectivity index (χ3v) is 9.75. The molecule has 30 heavy (non-hydrogen) atoms. The summed E-state index contributed by atoms with van der Waals surface area (Å²) in [6.45, 7) is 4.47. The molecule has 1 fully saturated rings. The predicted octanol–water partition coefficient (Wildman–Crippen LogP) is 4.95. The number of amidine groups is 1. The Bertz CT molecular complexity index is 1200. The van der Waals surface area contributed by atoms with Crippen LogP contribution in [-0.4, -0.2) is 24.8 Å². The van der Waals surface area contributed by atoms with Crippen LogP contribution in [0.5, 0.6) is 0 Å². The number of nitrogens with one attached hydrogen (secondary N) is 2. The predicted molar refractivity (Wildman–Crippen MR) is 111 cm³/mol. The lowest BCUT2D eigenvalue weighted by Crippen LogP contribution is -2.63. The fourth-order valence-electron chi connectivity index (χ4n) is 3.22. The van der Waals surface area contributed by atoms with E-state index >= 15 is 0 Å². The van der Waals surface area contributed by atoms with Crippen molar-refractivity contribution < 1.29 is 21.6 Å². The fourth-order valence-corrected chi connectivity index (χ4v) is 6.65. The molecule has 11 heteroatoms. The van der Waals surface area contributed by atoms with Crippen LogP contribution in [0.15, 0.2) is 24.3 Å². The highest BCUT2D eigenvalue weighted by Crippen LogP contribution is 2.45. The summed E-state index contributed by atoms with van der Waals surface area (Å²) in [7, 11) is -3.70. The quantitative estimate of drug-likeness (QED) is 0.642. The number of sulfone groups is 1. The summed E-state index contributed by atoms with van der Waals surface area (Å²) >= 11 is 7.40. The largest absolute Gasteiger partial charge is 0.417 e. The minimum atomic E-state index is -4.70. The zero-order valence-electron chi connectivity index (χ0n) is 16.1. The van der Waals surface area contributed by atoms with E-state index in [1.165, 1.54) is 32.0 Å². The van der Waals surface area contributed by atoms with E-state index in [9.17, 15) is 21.6 Å². The van der Waals surface area contributed by atoms with Gasteiger partial charge in [-0.1, -0.05) is 17.7 Å². The standard InChI is InChI=1S/C19H17ClF3N3O2S2/c1-17(2)16(25)26-18(3,9-30(17,27)28)15-13(20)7-14(29-15)10-4-5-11(8-24)12(6-10)19(21,22)23/h4-7H,9H2,1-3H3,(H2,25,26)/t18-/m0/s1. The molecule has 3 rings (SSSR count). The zero-order valence-corrected chi connectivity index (χ0v) is 18.5. The average Bonchev–Trinajstić information content (AvgIpc) is 3.01. The van der Waals surface area contributed by atoms with Crippen molar-refractivity contribution in [2.24, 2.45) is 0 Å². The average molecular weight is 476 g/mol. The topological polar surface area (TPSA) is 93.8 Å². The molecule has 1 saturated heterocycles. The highest BCUT2D eigenvalue weighted by molar-refractivity contribution is 7.93. The Morgan fingerprint density at radius 3 is 2.43 bits per heavy atom. The number of thiophene rings is 1. The molecule has 0 amide bonds. The SMILES string of the molecule is CC1(C)C(=N)N[C@](C)(c2sc(-c3ccc(C#N)c(C(F)(F)F)c3)cc2Cl)CS1(=O)=O. The van der Waals surface area contributed by atoms with Crippen molar-refractivity contribution in [3.05, 3.63) is 45.3 Å². The molecule has 1 aromatic heterocycles. The van der Waals surface area contributed by atoms with E-state index in [0.717, 1.165) is 23.5 Å². The molecule has 160 valence electrons. The fraction of sp³-hybridized carbons (Fsp3) is 0.368. The first-order valence-corrected chi connectivity index (χ1v) is 11.5. The van der Waals surface area contributed by atoms with Crippen LogP contribution >= 0.6 is 22.9 Å². The van der Waals surface area contributed by atoms with Gasteiger partial charge in [0.25, 0.3) is 0 Å². The minimum Gasteiger partial charge on any atom is -0.362 e. The van der Waals surface area contributed by atoms with Crippen LogP contribution in [0.2, 0.25) is 5.02 Å². The molecule has 1 atom stereocenters. The van der Waals surface area contributed by atoms with Gasteiger partial charge in [-0.25, -0.2) is 8.42 Å². The van der Waals surface area contributed by atoms with Crippen molar-refractivity contribution in [1.29, 1.82) is 10.7 Å². The number of nitriles is 1. The number of nitrogens with zero attached hydrogens (tertiary/aromatic N) is 1. The molecular weight excluding hydrogens is 459 g/mol. The van der Waals surface area contributed by atoms with Gasteiger partial charge in [0, 0.05) is 9.75 Å². The Balaban J connectivity index is 2.09. The first kappa shape index (κ1) is 22.6. The van der Waals surface area contributed by atoms with Crippen molar-refractivity contribution in [3.63, 3.8) is 0 Å². The summed E-state index contributed by atoms with van der Waals surface area (Å²) in [6.07, 6.45) is -4.70. The monoisotopic (exact) mass is 475 g/mol. The van der Waals surface area contributed by atoms with E-state index in [4.69, 9.17) is 22.3 Å². The lowest BCUT2D eigenvalue weighted by atomic mass is 9.99. The number of rotatable bonds is 2. The second-order valence-corrected chi connectivity index (χ2v) is 11.8. The summed E-state index contributed by atoms with van der Waals surface area (Å²) in [6, 6.07) is 6.36. The van der Waals surface area contributed by atoms with Gasteiger partial charge in [-0.05, 0) is 44.5 Å². The van der Waals surface area contributed by atoms with Crippen molar-refractivity contribution in [3.8, 4) is 16.5 Å². The van der Waals surface area contributed by atoms with Gasteiger partial charge in [0.1, 0.15) is 10.6 Å². The second-order valence-electron chi connectivity index (χ2n) is 7.76. The van der Waals surface area contributed by atoms with Gasteiger partial charge >= 0.3 is 6.18 Å². The van der Waals surface area contributed by atoms with Crippen LogP contribution in [0.4, 0.5) is 13.2 Å². The molecular formula is C19H17ClF3N3O2S2. The summed E-state index contributed by atoms with van der Waals surface area (Å²) in [4.78, 5) is 0.794. The van der Waals surface area contributed by atoms with Gasteiger partial charge in [0.2, 0.25) is 0 Å².